The molecule has 0 radical (unpaired) electrons. The van der Waals surface area contributed by atoms with E-state index in [0.717, 1.165) is 11.1 Å². The normalized spacial score (nSPS) is 13.6. The van der Waals surface area contributed by atoms with E-state index < -0.39 is 12.1 Å². The third kappa shape index (κ3) is 4.25. The minimum Gasteiger partial charge on any atom is -0.454 e. The monoisotopic (exact) mass is 412 g/mol. The number of fused-ring (bicyclic) bond motifs is 1. The number of aromatic nitrogens is 2. The average molecular weight is 413 g/mol. The zero-order valence-electron chi connectivity index (χ0n) is 15.7. The Hall–Kier alpha value is -3.32. The third-order valence-electron chi connectivity index (χ3n) is 4.24. The fraction of sp³-hybridized carbons (Fsp3) is 0.190. The van der Waals surface area contributed by atoms with Gasteiger partial charge in [0.15, 0.2) is 17.6 Å². The molecule has 1 aliphatic rings. The molecule has 0 aliphatic carbocycles. The first-order valence-corrected chi connectivity index (χ1v) is 9.25. The Morgan fingerprint density at radius 2 is 2.00 bits per heavy atom. The number of hydrogen-bond acceptors (Lipinski definition) is 7. The van der Waals surface area contributed by atoms with E-state index in [1.165, 1.54) is 6.08 Å². The maximum absolute atomic E-state index is 12.1. The van der Waals surface area contributed by atoms with Gasteiger partial charge in [0.2, 0.25) is 12.7 Å². The Labute approximate surface area is 171 Å². The highest BCUT2D eigenvalue weighted by atomic mass is 35.5. The van der Waals surface area contributed by atoms with Gasteiger partial charge in [-0.25, -0.2) is 4.79 Å². The fourth-order valence-electron chi connectivity index (χ4n) is 2.72. The van der Waals surface area contributed by atoms with Crippen molar-refractivity contribution >= 4 is 23.6 Å². The summed E-state index contributed by atoms with van der Waals surface area (Å²) in [6, 6.07) is 11.1. The number of esters is 1. The van der Waals surface area contributed by atoms with Crippen LogP contribution in [0.3, 0.4) is 0 Å². The highest BCUT2D eigenvalue weighted by Crippen LogP contribution is 2.40. The van der Waals surface area contributed by atoms with Gasteiger partial charge in [0.25, 0.3) is 5.89 Å². The Balaban J connectivity index is 1.40. The standard InChI is InChI=1S/C21H17ClN2O5/c1-12-3-6-15(7-4-12)21-24-23-20(29-21)13(2)28-18(25)8-5-14-9-16(22)19-17(10-14)26-11-27-19/h3-10,13H,11H2,1-2H3/b8-5+/t13-/m1/s1. The second-order valence-electron chi connectivity index (χ2n) is 6.46. The minimum atomic E-state index is -0.695. The van der Waals surface area contributed by atoms with Crippen LogP contribution in [-0.4, -0.2) is 23.0 Å². The Morgan fingerprint density at radius 1 is 1.21 bits per heavy atom. The molecular formula is C21H17ClN2O5. The SMILES string of the molecule is Cc1ccc(-c2nnc([C@@H](C)OC(=O)/C=C/c3cc(Cl)c4c(c3)OCO4)o2)cc1. The van der Waals surface area contributed by atoms with Crippen LogP contribution < -0.4 is 9.47 Å². The van der Waals surface area contributed by atoms with Crippen LogP contribution in [-0.2, 0) is 9.53 Å². The van der Waals surface area contributed by atoms with Crippen molar-refractivity contribution in [3.8, 4) is 23.0 Å². The first-order chi connectivity index (χ1) is 14.0. The van der Waals surface area contributed by atoms with Crippen molar-refractivity contribution in [2.24, 2.45) is 0 Å². The van der Waals surface area contributed by atoms with Crippen molar-refractivity contribution in [1.82, 2.24) is 10.2 Å². The molecular weight excluding hydrogens is 396 g/mol. The van der Waals surface area contributed by atoms with E-state index in [1.807, 2.05) is 31.2 Å². The Morgan fingerprint density at radius 3 is 2.79 bits per heavy atom. The van der Waals surface area contributed by atoms with E-state index in [1.54, 1.807) is 25.1 Å². The summed E-state index contributed by atoms with van der Waals surface area (Å²) in [7, 11) is 0. The number of halogens is 1. The van der Waals surface area contributed by atoms with Crippen LogP contribution in [0.1, 0.15) is 30.0 Å². The van der Waals surface area contributed by atoms with Gasteiger partial charge in [-0.2, -0.15) is 0 Å². The van der Waals surface area contributed by atoms with E-state index in [0.29, 0.717) is 28.0 Å². The molecule has 0 fully saturated rings. The van der Waals surface area contributed by atoms with Crippen LogP contribution in [0, 0.1) is 6.92 Å². The second-order valence-corrected chi connectivity index (χ2v) is 6.87. The highest BCUT2D eigenvalue weighted by molar-refractivity contribution is 6.32. The zero-order valence-corrected chi connectivity index (χ0v) is 16.5. The minimum absolute atomic E-state index is 0.122. The molecule has 2 aromatic carbocycles. The number of ether oxygens (including phenoxy) is 3. The molecule has 0 amide bonds. The number of hydrogen-bond donors (Lipinski definition) is 0. The van der Waals surface area contributed by atoms with Crippen molar-refractivity contribution in [2.45, 2.75) is 20.0 Å². The maximum atomic E-state index is 12.1. The van der Waals surface area contributed by atoms with Crippen LogP contribution in [0.4, 0.5) is 0 Å². The van der Waals surface area contributed by atoms with Gasteiger partial charge in [-0.15, -0.1) is 10.2 Å². The van der Waals surface area contributed by atoms with Gasteiger partial charge in [-0.05, 0) is 49.8 Å². The molecule has 3 aromatic rings. The summed E-state index contributed by atoms with van der Waals surface area (Å²) in [6.45, 7) is 3.78. The van der Waals surface area contributed by atoms with Crippen LogP contribution in [0.5, 0.6) is 11.5 Å². The van der Waals surface area contributed by atoms with E-state index in [2.05, 4.69) is 10.2 Å². The predicted molar refractivity (Wildman–Crippen MR) is 106 cm³/mol. The average Bonchev–Trinajstić information content (AvgIpc) is 3.37. The topological polar surface area (TPSA) is 83.7 Å². The van der Waals surface area contributed by atoms with Crippen molar-refractivity contribution in [2.75, 3.05) is 6.79 Å². The van der Waals surface area contributed by atoms with Gasteiger partial charge < -0.3 is 18.6 Å². The summed E-state index contributed by atoms with van der Waals surface area (Å²) in [6.07, 6.45) is 2.18. The quantitative estimate of drug-likeness (QED) is 0.441. The summed E-state index contributed by atoms with van der Waals surface area (Å²) in [4.78, 5) is 12.1. The molecule has 0 spiro atoms. The molecule has 2 heterocycles. The van der Waals surface area contributed by atoms with Crippen LogP contribution in [0.15, 0.2) is 46.9 Å². The second kappa shape index (κ2) is 7.97. The lowest BCUT2D eigenvalue weighted by molar-refractivity contribution is -0.143. The lowest BCUT2D eigenvalue weighted by Gasteiger charge is -2.07. The number of carbonyl (C=O) groups is 1. The lowest BCUT2D eigenvalue weighted by atomic mass is 10.1. The smallest absolute Gasteiger partial charge is 0.331 e. The highest BCUT2D eigenvalue weighted by Gasteiger charge is 2.19. The van der Waals surface area contributed by atoms with Crippen molar-refractivity contribution < 1.29 is 23.4 Å². The van der Waals surface area contributed by atoms with Crippen molar-refractivity contribution in [3.63, 3.8) is 0 Å². The van der Waals surface area contributed by atoms with E-state index in [-0.39, 0.29) is 12.7 Å². The number of benzene rings is 2. The largest absolute Gasteiger partial charge is 0.454 e. The van der Waals surface area contributed by atoms with Gasteiger partial charge in [-0.3, -0.25) is 0 Å². The van der Waals surface area contributed by atoms with E-state index >= 15 is 0 Å². The predicted octanol–water partition coefficient (Wildman–Crippen LogP) is 4.74. The molecule has 1 aromatic heterocycles. The molecule has 1 atom stereocenters. The van der Waals surface area contributed by atoms with E-state index in [9.17, 15) is 4.79 Å². The molecule has 4 rings (SSSR count). The molecule has 0 N–H and O–H groups in total. The molecule has 8 heteroatoms. The molecule has 29 heavy (non-hydrogen) atoms. The molecule has 0 unspecified atom stereocenters. The molecule has 0 saturated carbocycles. The van der Waals surface area contributed by atoms with Crippen LogP contribution in [0.25, 0.3) is 17.5 Å². The van der Waals surface area contributed by atoms with Gasteiger partial charge in [0.1, 0.15) is 0 Å². The molecule has 148 valence electrons. The van der Waals surface area contributed by atoms with Crippen LogP contribution in [0.2, 0.25) is 5.02 Å². The summed E-state index contributed by atoms with van der Waals surface area (Å²) in [5, 5.41) is 8.40. The van der Waals surface area contributed by atoms with Crippen molar-refractivity contribution in [3.05, 3.63) is 64.5 Å². The number of nitrogens with zero attached hydrogens (tertiary/aromatic N) is 2. The number of carbonyl (C=O) groups excluding carboxylic acids is 1. The Bertz CT molecular complexity index is 1080. The van der Waals surface area contributed by atoms with E-state index in [4.69, 9.17) is 30.2 Å². The first kappa shape index (κ1) is 19.0. The van der Waals surface area contributed by atoms with Crippen molar-refractivity contribution in [1.29, 1.82) is 0 Å². The van der Waals surface area contributed by atoms with Gasteiger partial charge in [-0.1, -0.05) is 29.3 Å². The molecule has 1 aliphatic heterocycles. The first-order valence-electron chi connectivity index (χ1n) is 8.88. The molecule has 0 saturated heterocycles. The fourth-order valence-corrected chi connectivity index (χ4v) is 3.00. The van der Waals surface area contributed by atoms with Crippen LogP contribution >= 0.6 is 11.6 Å². The maximum Gasteiger partial charge on any atom is 0.331 e. The van der Waals surface area contributed by atoms with Gasteiger partial charge >= 0.3 is 5.97 Å². The zero-order chi connectivity index (χ0) is 20.4. The number of rotatable bonds is 5. The van der Waals surface area contributed by atoms with Gasteiger partial charge in [0, 0.05) is 11.6 Å². The third-order valence-corrected chi connectivity index (χ3v) is 4.52. The number of aryl methyl sites for hydroxylation is 1. The summed E-state index contributed by atoms with van der Waals surface area (Å²) in [5.74, 6) is 1.07. The van der Waals surface area contributed by atoms with Gasteiger partial charge in [0.05, 0.1) is 5.02 Å². The summed E-state index contributed by atoms with van der Waals surface area (Å²) >= 11 is 6.13. The summed E-state index contributed by atoms with van der Waals surface area (Å²) in [5.41, 5.74) is 2.61. The molecule has 0 bridgehead atoms. The lowest BCUT2D eigenvalue weighted by Crippen LogP contribution is -2.06. The summed E-state index contributed by atoms with van der Waals surface area (Å²) < 4.78 is 21.5. The molecule has 7 nitrogen and oxygen atoms in total. The Kier molecular flexibility index (Phi) is 5.22.